The normalized spacial score (nSPS) is 22.4. The number of hydrogen-bond acceptors (Lipinski definition) is 3. The van der Waals surface area contributed by atoms with Gasteiger partial charge in [-0.25, -0.2) is 0 Å². The topological polar surface area (TPSA) is 55.6 Å². The predicted octanol–water partition coefficient (Wildman–Crippen LogP) is 0.527. The molecule has 0 saturated carbocycles. The van der Waals surface area contributed by atoms with Gasteiger partial charge in [0.2, 0.25) is 5.91 Å². The molecule has 1 fully saturated rings. The number of hydrogen-bond donors (Lipinski definition) is 1. The van der Waals surface area contributed by atoms with Gasteiger partial charge in [-0.15, -0.1) is 6.58 Å². The van der Waals surface area contributed by atoms with Gasteiger partial charge >= 0.3 is 0 Å². The first kappa shape index (κ1) is 12.2. The zero-order valence-electron chi connectivity index (χ0n) is 9.32. The highest BCUT2D eigenvalue weighted by Gasteiger charge is 2.22. The molecule has 2 unspecified atom stereocenters. The SMILES string of the molecule is C=CCC(N)C(=O)N(C)CC1CCCO1. The Labute approximate surface area is 91.1 Å². The lowest BCUT2D eigenvalue weighted by Gasteiger charge is -2.23. The molecular formula is C11H20N2O2. The van der Waals surface area contributed by atoms with E-state index in [1.54, 1.807) is 18.0 Å². The molecule has 86 valence electrons. The van der Waals surface area contributed by atoms with Crippen molar-refractivity contribution in [1.82, 2.24) is 4.90 Å². The average molecular weight is 212 g/mol. The third kappa shape index (κ3) is 3.64. The fourth-order valence-electron chi connectivity index (χ4n) is 1.75. The third-order valence-corrected chi connectivity index (χ3v) is 2.62. The summed E-state index contributed by atoms with van der Waals surface area (Å²) in [6.45, 7) is 5.02. The van der Waals surface area contributed by atoms with Crippen LogP contribution in [0, 0.1) is 0 Å². The molecule has 0 spiro atoms. The number of nitrogens with zero attached hydrogens (tertiary/aromatic N) is 1. The van der Waals surface area contributed by atoms with Gasteiger partial charge in [-0.05, 0) is 19.3 Å². The van der Waals surface area contributed by atoms with Crippen molar-refractivity contribution in [2.45, 2.75) is 31.4 Å². The highest BCUT2D eigenvalue weighted by Crippen LogP contribution is 2.13. The Bertz CT molecular complexity index is 225. The van der Waals surface area contributed by atoms with E-state index < -0.39 is 6.04 Å². The first-order valence-corrected chi connectivity index (χ1v) is 5.38. The van der Waals surface area contributed by atoms with Crippen molar-refractivity contribution < 1.29 is 9.53 Å². The Morgan fingerprint density at radius 3 is 3.07 bits per heavy atom. The van der Waals surface area contributed by atoms with Crippen LogP contribution < -0.4 is 5.73 Å². The van der Waals surface area contributed by atoms with E-state index in [0.29, 0.717) is 13.0 Å². The van der Waals surface area contributed by atoms with Crippen LogP contribution in [0.2, 0.25) is 0 Å². The van der Waals surface area contributed by atoms with E-state index in [9.17, 15) is 4.79 Å². The fourth-order valence-corrected chi connectivity index (χ4v) is 1.75. The highest BCUT2D eigenvalue weighted by atomic mass is 16.5. The smallest absolute Gasteiger partial charge is 0.239 e. The summed E-state index contributed by atoms with van der Waals surface area (Å²) in [4.78, 5) is 13.4. The number of carbonyl (C=O) groups excluding carboxylic acids is 1. The molecule has 0 aromatic rings. The van der Waals surface area contributed by atoms with Crippen LogP contribution in [-0.4, -0.2) is 43.2 Å². The van der Waals surface area contributed by atoms with Crippen molar-refractivity contribution in [3.63, 3.8) is 0 Å². The first-order chi connectivity index (χ1) is 7.15. The molecule has 15 heavy (non-hydrogen) atoms. The van der Waals surface area contributed by atoms with Gasteiger partial charge in [-0.1, -0.05) is 6.08 Å². The molecular weight excluding hydrogens is 192 g/mol. The van der Waals surface area contributed by atoms with Gasteiger partial charge in [-0.3, -0.25) is 4.79 Å². The number of amides is 1. The summed E-state index contributed by atoms with van der Waals surface area (Å²) in [5.41, 5.74) is 5.70. The summed E-state index contributed by atoms with van der Waals surface area (Å²) in [7, 11) is 1.77. The van der Waals surface area contributed by atoms with Crippen LogP contribution in [-0.2, 0) is 9.53 Å². The van der Waals surface area contributed by atoms with Crippen LogP contribution >= 0.6 is 0 Å². The second-order valence-electron chi connectivity index (χ2n) is 3.98. The Hall–Kier alpha value is -0.870. The van der Waals surface area contributed by atoms with Crippen molar-refractivity contribution >= 4 is 5.91 Å². The van der Waals surface area contributed by atoms with Gasteiger partial charge < -0.3 is 15.4 Å². The quantitative estimate of drug-likeness (QED) is 0.676. The number of nitrogens with two attached hydrogens (primary N) is 1. The summed E-state index contributed by atoms with van der Waals surface area (Å²) in [5, 5.41) is 0. The van der Waals surface area contributed by atoms with Gasteiger partial charge in [0.25, 0.3) is 0 Å². The molecule has 2 atom stereocenters. The maximum Gasteiger partial charge on any atom is 0.239 e. The van der Waals surface area contributed by atoms with E-state index in [4.69, 9.17) is 10.5 Å². The number of carbonyl (C=O) groups is 1. The van der Waals surface area contributed by atoms with Crippen LogP contribution in [0.5, 0.6) is 0 Å². The van der Waals surface area contributed by atoms with Gasteiger partial charge in [0.15, 0.2) is 0 Å². The van der Waals surface area contributed by atoms with E-state index in [2.05, 4.69) is 6.58 Å². The average Bonchev–Trinajstić information content (AvgIpc) is 2.69. The summed E-state index contributed by atoms with van der Waals surface area (Å²) >= 11 is 0. The van der Waals surface area contributed by atoms with E-state index in [-0.39, 0.29) is 12.0 Å². The van der Waals surface area contributed by atoms with Gasteiger partial charge in [0, 0.05) is 20.2 Å². The zero-order chi connectivity index (χ0) is 11.3. The Morgan fingerprint density at radius 2 is 2.53 bits per heavy atom. The van der Waals surface area contributed by atoms with Crippen molar-refractivity contribution in [3.8, 4) is 0 Å². The molecule has 0 aromatic heterocycles. The number of ether oxygens (including phenoxy) is 1. The van der Waals surface area contributed by atoms with Crippen LogP contribution in [0.3, 0.4) is 0 Å². The van der Waals surface area contributed by atoms with Crippen molar-refractivity contribution in [2.75, 3.05) is 20.2 Å². The minimum atomic E-state index is -0.464. The van der Waals surface area contributed by atoms with Gasteiger partial charge in [0.05, 0.1) is 12.1 Å². The monoisotopic (exact) mass is 212 g/mol. The van der Waals surface area contributed by atoms with E-state index in [1.165, 1.54) is 0 Å². The summed E-state index contributed by atoms with van der Waals surface area (Å²) in [5.74, 6) is -0.0367. The molecule has 2 N–H and O–H groups in total. The van der Waals surface area contributed by atoms with E-state index in [0.717, 1.165) is 19.4 Å². The molecule has 1 aliphatic heterocycles. The van der Waals surface area contributed by atoms with Crippen molar-refractivity contribution in [1.29, 1.82) is 0 Å². The maximum absolute atomic E-state index is 11.7. The van der Waals surface area contributed by atoms with Crippen LogP contribution in [0.15, 0.2) is 12.7 Å². The number of rotatable bonds is 5. The molecule has 1 saturated heterocycles. The van der Waals surface area contributed by atoms with Crippen LogP contribution in [0.4, 0.5) is 0 Å². The predicted molar refractivity (Wildman–Crippen MR) is 59.4 cm³/mol. The van der Waals surface area contributed by atoms with E-state index >= 15 is 0 Å². The lowest BCUT2D eigenvalue weighted by atomic mass is 10.1. The lowest BCUT2D eigenvalue weighted by molar-refractivity contribution is -0.132. The summed E-state index contributed by atoms with van der Waals surface area (Å²) in [6, 6.07) is -0.464. The molecule has 4 nitrogen and oxygen atoms in total. The highest BCUT2D eigenvalue weighted by molar-refractivity contribution is 5.81. The van der Waals surface area contributed by atoms with Gasteiger partial charge in [-0.2, -0.15) is 0 Å². The molecule has 1 rings (SSSR count). The van der Waals surface area contributed by atoms with Gasteiger partial charge in [0.1, 0.15) is 0 Å². The lowest BCUT2D eigenvalue weighted by Crippen LogP contribution is -2.44. The maximum atomic E-state index is 11.7. The minimum Gasteiger partial charge on any atom is -0.376 e. The summed E-state index contributed by atoms with van der Waals surface area (Å²) in [6.07, 6.45) is 4.51. The minimum absolute atomic E-state index is 0.0367. The Morgan fingerprint density at radius 1 is 1.80 bits per heavy atom. The molecule has 0 radical (unpaired) electrons. The van der Waals surface area contributed by atoms with Crippen molar-refractivity contribution in [3.05, 3.63) is 12.7 Å². The zero-order valence-corrected chi connectivity index (χ0v) is 9.32. The second kappa shape index (κ2) is 5.88. The first-order valence-electron chi connectivity index (χ1n) is 5.38. The fraction of sp³-hybridized carbons (Fsp3) is 0.727. The number of likely N-dealkylation sites (N-methyl/N-ethyl adjacent to an activating group) is 1. The van der Waals surface area contributed by atoms with Crippen molar-refractivity contribution in [2.24, 2.45) is 5.73 Å². The van der Waals surface area contributed by atoms with E-state index in [1.807, 2.05) is 0 Å². The second-order valence-corrected chi connectivity index (χ2v) is 3.98. The largest absolute Gasteiger partial charge is 0.376 e. The standard InChI is InChI=1S/C11H20N2O2/c1-3-5-10(12)11(14)13(2)8-9-6-4-7-15-9/h3,9-10H,1,4-8,12H2,2H3. The van der Waals surface area contributed by atoms with Crippen LogP contribution in [0.25, 0.3) is 0 Å². The molecule has 1 aliphatic rings. The molecule has 0 aliphatic carbocycles. The molecule has 1 heterocycles. The van der Waals surface area contributed by atoms with Crippen LogP contribution in [0.1, 0.15) is 19.3 Å². The molecule has 4 heteroatoms. The Kier molecular flexibility index (Phi) is 4.78. The summed E-state index contributed by atoms with van der Waals surface area (Å²) < 4.78 is 5.46. The molecule has 0 aromatic carbocycles. The third-order valence-electron chi connectivity index (χ3n) is 2.62. The Balaban J connectivity index is 2.34. The molecule has 1 amide bonds. The molecule has 0 bridgehead atoms.